The molecule has 35 heavy (non-hydrogen) atoms. The number of benzene rings is 3. The molecule has 1 saturated heterocycles. The predicted molar refractivity (Wildman–Crippen MR) is 142 cm³/mol. The van der Waals surface area contributed by atoms with Crippen molar-refractivity contribution in [3.63, 3.8) is 0 Å². The van der Waals surface area contributed by atoms with Crippen molar-refractivity contribution in [3.8, 4) is 17.2 Å². The molecule has 180 valence electrons. The molecule has 0 radical (unpaired) electrons. The first kappa shape index (κ1) is 23.4. The second-order valence-electron chi connectivity index (χ2n) is 8.47. The first-order valence-electron chi connectivity index (χ1n) is 11.0. The Kier molecular flexibility index (Phi) is 6.06. The Bertz CT molecular complexity index is 1300. The summed E-state index contributed by atoms with van der Waals surface area (Å²) in [5, 5.41) is 6.93. The summed E-state index contributed by atoms with van der Waals surface area (Å²) < 4.78 is 18.4. The molecule has 2 heterocycles. The molecule has 2 bridgehead atoms. The van der Waals surface area contributed by atoms with Gasteiger partial charge in [0.25, 0.3) is 0 Å². The van der Waals surface area contributed by atoms with Gasteiger partial charge in [0.1, 0.15) is 11.7 Å². The Morgan fingerprint density at radius 1 is 1.11 bits per heavy atom. The highest BCUT2D eigenvalue weighted by molar-refractivity contribution is 9.10. The highest BCUT2D eigenvalue weighted by Crippen LogP contribution is 2.52. The van der Waals surface area contributed by atoms with Crippen LogP contribution < -0.4 is 29.7 Å². The molecule has 9 heteroatoms. The third-order valence-electron chi connectivity index (χ3n) is 6.42. The second-order valence-corrected chi connectivity index (χ2v) is 9.78. The molecular weight excluding hydrogens is 530 g/mol. The number of fused-ring (bicyclic) bond motifs is 4. The maximum absolute atomic E-state index is 13.9. The summed E-state index contributed by atoms with van der Waals surface area (Å²) >= 11 is 9.35. The molecule has 1 amide bonds. The highest BCUT2D eigenvalue weighted by atomic mass is 79.9. The molecule has 2 aliphatic heterocycles. The van der Waals surface area contributed by atoms with Crippen LogP contribution in [-0.4, -0.2) is 31.0 Å². The number of nitrogens with zero attached hydrogens (tertiary/aromatic N) is 1. The van der Waals surface area contributed by atoms with Crippen molar-refractivity contribution in [1.82, 2.24) is 5.32 Å². The van der Waals surface area contributed by atoms with Crippen molar-refractivity contribution in [2.75, 3.05) is 24.4 Å². The van der Waals surface area contributed by atoms with E-state index in [4.69, 9.17) is 26.4 Å². The Morgan fingerprint density at radius 2 is 1.86 bits per heavy atom. The molecule has 0 aliphatic carbocycles. The average molecular weight is 554 g/mol. The molecule has 0 spiro atoms. The molecular formula is C26H24BrN3O4S. The van der Waals surface area contributed by atoms with E-state index in [1.165, 1.54) is 0 Å². The van der Waals surface area contributed by atoms with Gasteiger partial charge in [-0.25, -0.2) is 0 Å². The lowest BCUT2D eigenvalue weighted by Crippen LogP contribution is -2.72. The van der Waals surface area contributed by atoms with Crippen molar-refractivity contribution < 1.29 is 19.0 Å². The van der Waals surface area contributed by atoms with Gasteiger partial charge in [-0.2, -0.15) is 0 Å². The minimum Gasteiger partial charge on any atom is -0.497 e. The van der Waals surface area contributed by atoms with Gasteiger partial charge in [-0.1, -0.05) is 34.1 Å². The quantitative estimate of drug-likeness (QED) is 0.417. The summed E-state index contributed by atoms with van der Waals surface area (Å²) in [5.41, 5.74) is 1.11. The number of para-hydroxylation sites is 1. The minimum atomic E-state index is -1.15. The van der Waals surface area contributed by atoms with Gasteiger partial charge in [0.2, 0.25) is 5.91 Å². The fraction of sp³-hybridized carbons (Fsp3) is 0.231. The van der Waals surface area contributed by atoms with E-state index < -0.39 is 17.7 Å². The predicted octanol–water partition coefficient (Wildman–Crippen LogP) is 5.27. The van der Waals surface area contributed by atoms with Crippen LogP contribution in [0.25, 0.3) is 0 Å². The van der Waals surface area contributed by atoms with Crippen molar-refractivity contribution in [2.24, 2.45) is 5.92 Å². The molecule has 3 aromatic carbocycles. The van der Waals surface area contributed by atoms with E-state index in [1.807, 2.05) is 54.3 Å². The summed E-state index contributed by atoms with van der Waals surface area (Å²) in [6, 6.07) is 20.2. The first-order valence-corrected chi connectivity index (χ1v) is 12.2. The van der Waals surface area contributed by atoms with E-state index in [0.717, 1.165) is 15.7 Å². The molecule has 0 unspecified atom stereocenters. The van der Waals surface area contributed by atoms with Crippen LogP contribution in [-0.2, 0) is 4.79 Å². The van der Waals surface area contributed by atoms with Crippen LogP contribution >= 0.6 is 28.1 Å². The monoisotopic (exact) mass is 553 g/mol. The van der Waals surface area contributed by atoms with E-state index in [2.05, 4.69) is 26.6 Å². The van der Waals surface area contributed by atoms with Gasteiger partial charge in [0.05, 0.1) is 20.3 Å². The topological polar surface area (TPSA) is 72.1 Å². The van der Waals surface area contributed by atoms with E-state index >= 15 is 0 Å². The standard InChI is InChI=1S/C26H24BrN3O4S/c1-26-21(24(31)28-16-10-12-18(32-2)13-11-16)22(19-8-5-9-20(33-3)23(19)34-26)29-25(35)30(26)17-7-4-6-15(27)14-17/h4-14,21-22H,1-3H3,(H,28,31)(H,29,35)/t21-,22+,26-/m0/s1. The van der Waals surface area contributed by atoms with Crippen LogP contribution in [0, 0.1) is 5.92 Å². The van der Waals surface area contributed by atoms with Crippen molar-refractivity contribution >= 4 is 50.5 Å². The van der Waals surface area contributed by atoms with Crippen molar-refractivity contribution in [2.45, 2.75) is 18.7 Å². The zero-order valence-corrected chi connectivity index (χ0v) is 21.8. The summed E-state index contributed by atoms with van der Waals surface area (Å²) in [4.78, 5) is 15.7. The smallest absolute Gasteiger partial charge is 0.236 e. The SMILES string of the molecule is COc1ccc(NC(=O)[C@@H]2[C@@H]3NC(=S)N(c4cccc(Br)c4)[C@@]2(C)Oc2c(OC)cccc23)cc1. The summed E-state index contributed by atoms with van der Waals surface area (Å²) in [5.74, 6) is 1.03. The minimum absolute atomic E-state index is 0.203. The lowest BCUT2D eigenvalue weighted by atomic mass is 9.78. The molecule has 1 fully saturated rings. The van der Waals surface area contributed by atoms with Crippen LogP contribution in [0.3, 0.4) is 0 Å². The third-order valence-corrected chi connectivity index (χ3v) is 7.21. The Morgan fingerprint density at radius 3 is 2.54 bits per heavy atom. The average Bonchev–Trinajstić information content (AvgIpc) is 2.83. The Hall–Kier alpha value is -3.30. The Balaban J connectivity index is 1.62. The molecule has 2 aliphatic rings. The number of hydrogen-bond donors (Lipinski definition) is 2. The molecule has 3 atom stereocenters. The van der Waals surface area contributed by atoms with Gasteiger partial charge in [-0.15, -0.1) is 0 Å². The van der Waals surface area contributed by atoms with Gasteiger partial charge in [0.15, 0.2) is 22.3 Å². The number of thiocarbonyl (C=S) groups is 1. The van der Waals surface area contributed by atoms with Crippen LogP contribution in [0.2, 0.25) is 0 Å². The van der Waals surface area contributed by atoms with Gasteiger partial charge in [0, 0.05) is 21.4 Å². The zero-order chi connectivity index (χ0) is 24.7. The van der Waals surface area contributed by atoms with Gasteiger partial charge >= 0.3 is 0 Å². The van der Waals surface area contributed by atoms with E-state index in [1.54, 1.807) is 38.5 Å². The normalized spacial score (nSPS) is 22.4. The maximum atomic E-state index is 13.9. The number of rotatable bonds is 5. The maximum Gasteiger partial charge on any atom is 0.236 e. The number of carbonyl (C=O) groups excluding carboxylic acids is 1. The molecule has 7 nitrogen and oxygen atoms in total. The number of halogens is 1. The van der Waals surface area contributed by atoms with Gasteiger partial charge < -0.3 is 24.8 Å². The number of anilines is 2. The van der Waals surface area contributed by atoms with E-state index in [9.17, 15) is 4.79 Å². The van der Waals surface area contributed by atoms with Crippen LogP contribution in [0.1, 0.15) is 18.5 Å². The number of ether oxygens (including phenoxy) is 3. The van der Waals surface area contributed by atoms with Crippen molar-refractivity contribution in [3.05, 3.63) is 76.8 Å². The highest BCUT2D eigenvalue weighted by Gasteiger charge is 2.59. The third kappa shape index (κ3) is 3.98. The number of methoxy groups -OCH3 is 2. The zero-order valence-electron chi connectivity index (χ0n) is 19.4. The number of carbonyl (C=O) groups is 1. The van der Waals surface area contributed by atoms with Crippen LogP contribution in [0.5, 0.6) is 17.2 Å². The second kappa shape index (κ2) is 9.05. The fourth-order valence-corrected chi connectivity index (χ4v) is 5.63. The largest absolute Gasteiger partial charge is 0.497 e. The summed E-state index contributed by atoms with van der Waals surface area (Å²) in [7, 11) is 3.20. The van der Waals surface area contributed by atoms with Gasteiger partial charge in [-0.05, 0) is 67.7 Å². The lowest BCUT2D eigenvalue weighted by Gasteiger charge is -2.56. The first-order chi connectivity index (χ1) is 16.9. The number of amides is 1. The Labute approximate surface area is 217 Å². The summed E-state index contributed by atoms with van der Waals surface area (Å²) in [6.45, 7) is 1.89. The van der Waals surface area contributed by atoms with E-state index in [-0.39, 0.29) is 5.91 Å². The number of hydrogen-bond acceptors (Lipinski definition) is 5. The fourth-order valence-electron chi connectivity index (χ4n) is 4.83. The van der Waals surface area contributed by atoms with E-state index in [0.29, 0.717) is 28.0 Å². The molecule has 0 saturated carbocycles. The van der Waals surface area contributed by atoms with Crippen LogP contribution in [0.15, 0.2) is 71.2 Å². The molecule has 2 N–H and O–H groups in total. The van der Waals surface area contributed by atoms with Crippen LogP contribution in [0.4, 0.5) is 11.4 Å². The van der Waals surface area contributed by atoms with Crippen molar-refractivity contribution in [1.29, 1.82) is 0 Å². The molecule has 3 aromatic rings. The molecule has 0 aromatic heterocycles. The number of nitrogens with one attached hydrogen (secondary N) is 2. The summed E-state index contributed by atoms with van der Waals surface area (Å²) in [6.07, 6.45) is 0. The van der Waals surface area contributed by atoms with Gasteiger partial charge in [-0.3, -0.25) is 9.69 Å². The molecule has 5 rings (SSSR count). The lowest BCUT2D eigenvalue weighted by molar-refractivity contribution is -0.130.